The highest BCUT2D eigenvalue weighted by Crippen LogP contribution is 2.63. The fraction of sp³-hybridized carbons (Fsp3) is 0.0323. The lowest BCUT2D eigenvalue weighted by Gasteiger charge is -2.40. The smallest absolute Gasteiger partial charge is 0.159 e. The second-order valence-corrected chi connectivity index (χ2v) is 18.2. The quantitative estimate of drug-likeness (QED) is 0.149. The summed E-state index contributed by atoms with van der Waals surface area (Å²) in [7, 11) is 0. The third kappa shape index (κ3) is 5.82. The predicted molar refractivity (Wildman–Crippen MR) is 269 cm³/mol. The number of furan rings is 1. The highest BCUT2D eigenvalue weighted by Gasteiger charge is 2.50. The molecule has 0 amide bonds. The van der Waals surface area contributed by atoms with Gasteiger partial charge in [0.05, 0.1) is 11.1 Å². The highest BCUT2D eigenvalue weighted by molar-refractivity contribution is 7.99. The van der Waals surface area contributed by atoms with E-state index < -0.39 is 5.41 Å². The molecule has 0 radical (unpaired) electrons. The van der Waals surface area contributed by atoms with Crippen LogP contribution in [0.1, 0.15) is 44.9 Å². The van der Waals surface area contributed by atoms with Crippen molar-refractivity contribution in [3.05, 3.63) is 282 Å². The SMILES string of the molecule is c1ccc(-c2ccc3c(c2)Sc2ccccc2C32c3ccccc3-c3ccc(N(c4ccccc4)c4c(C(c5ccccc5)c5ccccc5)ccc5c4oc4ccccc45)cc32)cc1. The van der Waals surface area contributed by atoms with Gasteiger partial charge in [0.15, 0.2) is 5.58 Å². The molecule has 10 aromatic carbocycles. The molecule has 1 atom stereocenters. The first-order valence-corrected chi connectivity index (χ1v) is 23.2. The molecule has 1 aliphatic carbocycles. The second-order valence-electron chi connectivity index (χ2n) is 17.1. The Morgan fingerprint density at radius 3 is 1.78 bits per heavy atom. The number of anilines is 3. The van der Waals surface area contributed by atoms with Crippen LogP contribution in [0.3, 0.4) is 0 Å². The van der Waals surface area contributed by atoms with Crippen molar-refractivity contribution in [2.24, 2.45) is 0 Å². The van der Waals surface area contributed by atoms with Gasteiger partial charge in [-0.1, -0.05) is 212 Å². The van der Waals surface area contributed by atoms with Gasteiger partial charge in [-0.25, -0.2) is 0 Å². The van der Waals surface area contributed by atoms with E-state index >= 15 is 0 Å². The minimum absolute atomic E-state index is 0.0887. The molecule has 65 heavy (non-hydrogen) atoms. The van der Waals surface area contributed by atoms with Gasteiger partial charge in [0.2, 0.25) is 0 Å². The Morgan fingerprint density at radius 2 is 1.02 bits per heavy atom. The molecule has 13 rings (SSSR count). The number of fused-ring (bicyclic) bond motifs is 12. The third-order valence-electron chi connectivity index (χ3n) is 13.7. The van der Waals surface area contributed by atoms with E-state index in [1.807, 2.05) is 11.8 Å². The monoisotopic (exact) mass is 847 g/mol. The number of hydrogen-bond acceptors (Lipinski definition) is 3. The molecule has 3 heteroatoms. The molecule has 0 saturated carbocycles. The van der Waals surface area contributed by atoms with E-state index in [0.29, 0.717) is 0 Å². The summed E-state index contributed by atoms with van der Waals surface area (Å²) in [6.07, 6.45) is 0. The molecule has 1 spiro atoms. The lowest BCUT2D eigenvalue weighted by molar-refractivity contribution is 0.668. The van der Waals surface area contributed by atoms with Crippen LogP contribution in [0.25, 0.3) is 44.2 Å². The Hall–Kier alpha value is -7.85. The zero-order chi connectivity index (χ0) is 42.9. The van der Waals surface area contributed by atoms with Crippen molar-refractivity contribution >= 4 is 50.8 Å². The third-order valence-corrected chi connectivity index (χ3v) is 14.8. The van der Waals surface area contributed by atoms with Gasteiger partial charge in [-0.2, -0.15) is 0 Å². The predicted octanol–water partition coefficient (Wildman–Crippen LogP) is 16.7. The lowest BCUT2D eigenvalue weighted by atomic mass is 9.67. The molecule has 11 aromatic rings. The second kappa shape index (κ2) is 15.2. The minimum Gasteiger partial charge on any atom is -0.454 e. The molecule has 0 N–H and O–H groups in total. The van der Waals surface area contributed by atoms with Crippen molar-refractivity contribution in [2.45, 2.75) is 21.1 Å². The van der Waals surface area contributed by atoms with Crippen molar-refractivity contribution in [2.75, 3.05) is 4.90 Å². The van der Waals surface area contributed by atoms with Crippen LogP contribution < -0.4 is 4.90 Å². The Balaban J connectivity index is 1.12. The molecular formula is C62H41NOS. The summed E-state index contributed by atoms with van der Waals surface area (Å²) >= 11 is 1.89. The Bertz CT molecular complexity index is 3540. The summed E-state index contributed by atoms with van der Waals surface area (Å²) in [5.74, 6) is -0.0887. The molecule has 2 aliphatic rings. The van der Waals surface area contributed by atoms with Gasteiger partial charge < -0.3 is 9.32 Å². The van der Waals surface area contributed by atoms with E-state index in [4.69, 9.17) is 4.42 Å². The van der Waals surface area contributed by atoms with E-state index in [-0.39, 0.29) is 5.92 Å². The van der Waals surface area contributed by atoms with Gasteiger partial charge in [-0.05, 0) is 104 Å². The number of benzene rings is 10. The van der Waals surface area contributed by atoms with Crippen molar-refractivity contribution in [3.63, 3.8) is 0 Å². The van der Waals surface area contributed by atoms with Gasteiger partial charge in [-0.15, -0.1) is 0 Å². The van der Waals surface area contributed by atoms with Crippen LogP contribution in [-0.4, -0.2) is 0 Å². The average Bonchev–Trinajstić information content (AvgIpc) is 3.90. The van der Waals surface area contributed by atoms with Gasteiger partial charge in [0.25, 0.3) is 0 Å². The maximum absolute atomic E-state index is 7.12. The fourth-order valence-corrected chi connectivity index (χ4v) is 12.2. The molecule has 306 valence electrons. The van der Waals surface area contributed by atoms with Gasteiger partial charge >= 0.3 is 0 Å². The van der Waals surface area contributed by atoms with E-state index in [0.717, 1.165) is 44.6 Å². The number of para-hydroxylation sites is 2. The first-order valence-electron chi connectivity index (χ1n) is 22.4. The first-order chi connectivity index (χ1) is 32.3. The lowest BCUT2D eigenvalue weighted by Crippen LogP contribution is -2.32. The number of nitrogens with zero attached hydrogens (tertiary/aromatic N) is 1. The Morgan fingerprint density at radius 1 is 0.400 bits per heavy atom. The van der Waals surface area contributed by atoms with Crippen LogP contribution in [0.15, 0.2) is 257 Å². The molecule has 1 unspecified atom stereocenters. The normalized spacial score (nSPS) is 14.6. The average molecular weight is 848 g/mol. The van der Waals surface area contributed by atoms with Gasteiger partial charge in [-0.3, -0.25) is 0 Å². The summed E-state index contributed by atoms with van der Waals surface area (Å²) in [5.41, 5.74) is 18.1. The summed E-state index contributed by atoms with van der Waals surface area (Å²) in [4.78, 5) is 5.03. The maximum Gasteiger partial charge on any atom is 0.159 e. The molecule has 0 saturated heterocycles. The van der Waals surface area contributed by atoms with E-state index in [1.165, 1.54) is 65.4 Å². The number of hydrogen-bond donors (Lipinski definition) is 0. The minimum atomic E-state index is -0.568. The highest BCUT2D eigenvalue weighted by atomic mass is 32.2. The van der Waals surface area contributed by atoms with Crippen LogP contribution in [0, 0.1) is 0 Å². The van der Waals surface area contributed by atoms with E-state index in [2.05, 4.69) is 248 Å². The van der Waals surface area contributed by atoms with E-state index in [1.54, 1.807) is 0 Å². The molecule has 0 fully saturated rings. The number of rotatable bonds is 7. The summed E-state index contributed by atoms with van der Waals surface area (Å²) in [5, 5.41) is 2.19. The molecule has 1 aliphatic heterocycles. The van der Waals surface area contributed by atoms with Crippen LogP contribution in [0.4, 0.5) is 17.1 Å². The Labute approximate surface area is 383 Å². The van der Waals surface area contributed by atoms with Crippen LogP contribution in [0.2, 0.25) is 0 Å². The van der Waals surface area contributed by atoms with Crippen molar-refractivity contribution < 1.29 is 4.42 Å². The fourth-order valence-electron chi connectivity index (χ4n) is 10.9. The van der Waals surface area contributed by atoms with Gasteiger partial charge in [0, 0.05) is 37.9 Å². The summed E-state index contributed by atoms with van der Waals surface area (Å²) in [6.45, 7) is 0. The molecule has 2 heterocycles. The van der Waals surface area contributed by atoms with E-state index in [9.17, 15) is 0 Å². The van der Waals surface area contributed by atoms with Crippen molar-refractivity contribution in [3.8, 4) is 22.3 Å². The van der Waals surface area contributed by atoms with Crippen LogP contribution in [-0.2, 0) is 5.41 Å². The van der Waals surface area contributed by atoms with Crippen LogP contribution >= 0.6 is 11.8 Å². The maximum atomic E-state index is 7.12. The summed E-state index contributed by atoms with van der Waals surface area (Å²) in [6, 6.07) is 89.0. The largest absolute Gasteiger partial charge is 0.454 e. The molecular weight excluding hydrogens is 807 g/mol. The van der Waals surface area contributed by atoms with Crippen molar-refractivity contribution in [1.82, 2.24) is 0 Å². The first kappa shape index (κ1) is 37.7. The van der Waals surface area contributed by atoms with Crippen LogP contribution in [0.5, 0.6) is 0 Å². The molecule has 0 bridgehead atoms. The van der Waals surface area contributed by atoms with Gasteiger partial charge in [0.1, 0.15) is 5.58 Å². The standard InChI is InChI=1S/C62H41NOS/c1-5-19-41(20-6-1)44-33-38-54-58(39-44)65-57-32-18-16-30-53(57)62(54)52-29-15-13-27-47(52)48-35-34-46(40-55(48)62)63(45-25-11-4-12-26-45)60-51(37-36-50-49-28-14-17-31-56(49)64-61(50)60)59(42-21-7-2-8-22-42)43-23-9-3-10-24-43/h1-40,59H. The zero-order valence-electron chi connectivity index (χ0n) is 35.4. The van der Waals surface area contributed by atoms with Crippen molar-refractivity contribution in [1.29, 1.82) is 0 Å². The Kier molecular flexibility index (Phi) is 8.79. The molecule has 1 aromatic heterocycles. The topological polar surface area (TPSA) is 16.4 Å². The molecule has 2 nitrogen and oxygen atoms in total. The summed E-state index contributed by atoms with van der Waals surface area (Å²) < 4.78 is 7.12. The zero-order valence-corrected chi connectivity index (χ0v) is 36.3.